The Morgan fingerprint density at radius 1 is 0.857 bits per heavy atom. The summed E-state index contributed by atoms with van der Waals surface area (Å²) in [5, 5.41) is 10.0. The number of quaternary nitrogens is 1. The Hall–Kier alpha value is -1.47. The lowest BCUT2D eigenvalue weighted by atomic mass is 10.1. The van der Waals surface area contributed by atoms with Crippen molar-refractivity contribution >= 4 is 17.9 Å². The highest BCUT2D eigenvalue weighted by Gasteiger charge is 2.10. The van der Waals surface area contributed by atoms with Gasteiger partial charge in [-0.1, -0.05) is 45.4 Å². The average Bonchev–Trinajstić information content (AvgIpc) is 2.37. The Morgan fingerprint density at radius 3 is 2.00 bits per heavy atom. The highest BCUT2D eigenvalue weighted by Crippen LogP contribution is 2.08. The van der Waals surface area contributed by atoms with Crippen molar-refractivity contribution in [3.63, 3.8) is 0 Å². The molecule has 0 aromatic rings. The zero-order chi connectivity index (χ0) is 15.2. The van der Waals surface area contributed by atoms with E-state index in [1.165, 1.54) is 25.7 Å². The molecule has 0 aliphatic rings. The van der Waals surface area contributed by atoms with Gasteiger partial charge in [-0.2, -0.15) is 0 Å². The van der Waals surface area contributed by atoms with Crippen molar-refractivity contribution in [2.45, 2.75) is 58.3 Å². The number of carbonyl (C=O) groups is 3. The third-order valence-corrected chi connectivity index (χ3v) is 2.65. The molecule has 0 heterocycles. The number of carbonyl (C=O) groups excluding carboxylic acids is 3. The van der Waals surface area contributed by atoms with Crippen LogP contribution in [0.15, 0.2) is 0 Å². The van der Waals surface area contributed by atoms with Crippen molar-refractivity contribution in [2.75, 3.05) is 13.2 Å². The minimum atomic E-state index is -1.42. The minimum Gasteiger partial charge on any atom is -0.548 e. The Bertz CT molecular complexity index is 306. The van der Waals surface area contributed by atoms with E-state index in [1.54, 1.807) is 0 Å². The lowest BCUT2D eigenvalue weighted by Gasteiger charge is -2.05. The van der Waals surface area contributed by atoms with Gasteiger partial charge in [0.25, 0.3) is 0 Å². The lowest BCUT2D eigenvalue weighted by molar-refractivity contribution is -0.309. The van der Waals surface area contributed by atoms with Crippen LogP contribution in [0.5, 0.6) is 0 Å². The normalized spacial score (nSPS) is 9.76. The second-order valence-corrected chi connectivity index (χ2v) is 4.58. The molecule has 0 rings (SSSR count). The molecular weight excluding hydrogens is 278 g/mol. The summed E-state index contributed by atoms with van der Waals surface area (Å²) in [6.07, 6.45) is 7.73. The summed E-state index contributed by atoms with van der Waals surface area (Å²) >= 11 is 0. The topological polar surface area (TPSA) is 129 Å². The van der Waals surface area contributed by atoms with E-state index in [4.69, 9.17) is 0 Å². The third kappa shape index (κ3) is 16.5. The molecule has 124 valence electrons. The number of hydrogen-bond donors (Lipinski definition) is 1. The maximum Gasteiger partial charge on any atom is 0.339 e. The van der Waals surface area contributed by atoms with Gasteiger partial charge in [0.15, 0.2) is 0 Å². The van der Waals surface area contributed by atoms with Gasteiger partial charge in [0.1, 0.15) is 6.61 Å². The standard InChI is InChI=1S/C14H24O6.H3N/c1-2-3-4-5-6-7-8-9-13(17)20-14(18)11-19-10-12(15)16;/h2-11H2,1H3,(H,15,16);1H3. The summed E-state index contributed by atoms with van der Waals surface area (Å²) in [4.78, 5) is 32.3. The number of unbranched alkanes of at least 4 members (excludes halogenated alkanes) is 6. The molecule has 0 aromatic carbocycles. The predicted octanol–water partition coefficient (Wildman–Crippen LogP) is 1.34. The Morgan fingerprint density at radius 2 is 1.43 bits per heavy atom. The Kier molecular flexibility index (Phi) is 15.5. The summed E-state index contributed by atoms with van der Waals surface area (Å²) in [5.74, 6) is -2.90. The summed E-state index contributed by atoms with van der Waals surface area (Å²) in [7, 11) is 0. The monoisotopic (exact) mass is 305 g/mol. The SMILES string of the molecule is CCCCCCCCCC(=O)OC(=O)COCC(=O)[O-].[NH4+]. The van der Waals surface area contributed by atoms with Crippen molar-refractivity contribution in [3.8, 4) is 0 Å². The maximum absolute atomic E-state index is 11.3. The first-order valence-electron chi connectivity index (χ1n) is 7.07. The molecule has 0 spiro atoms. The predicted molar refractivity (Wildman–Crippen MR) is 75.5 cm³/mol. The highest BCUT2D eigenvalue weighted by molar-refractivity contribution is 5.86. The molecule has 4 N–H and O–H groups in total. The van der Waals surface area contributed by atoms with Gasteiger partial charge in [-0.3, -0.25) is 4.79 Å². The van der Waals surface area contributed by atoms with Gasteiger partial charge in [-0.05, 0) is 6.42 Å². The zero-order valence-electron chi connectivity index (χ0n) is 13.0. The van der Waals surface area contributed by atoms with Gasteiger partial charge < -0.3 is 25.5 Å². The molecule has 0 radical (unpaired) electrons. The maximum atomic E-state index is 11.3. The van der Waals surface area contributed by atoms with Gasteiger partial charge in [0.2, 0.25) is 0 Å². The number of aliphatic carboxylic acids is 1. The fourth-order valence-electron chi connectivity index (χ4n) is 1.65. The number of hydrogen-bond acceptors (Lipinski definition) is 6. The van der Waals surface area contributed by atoms with Gasteiger partial charge in [0, 0.05) is 6.42 Å². The van der Waals surface area contributed by atoms with E-state index in [2.05, 4.69) is 16.4 Å². The molecule has 0 amide bonds. The molecule has 21 heavy (non-hydrogen) atoms. The van der Waals surface area contributed by atoms with E-state index in [0.29, 0.717) is 6.42 Å². The van der Waals surface area contributed by atoms with Gasteiger partial charge in [0.05, 0.1) is 12.6 Å². The van der Waals surface area contributed by atoms with Crippen LogP contribution in [0.2, 0.25) is 0 Å². The van der Waals surface area contributed by atoms with Crippen LogP contribution in [-0.2, 0) is 23.9 Å². The second kappa shape index (κ2) is 14.9. The minimum absolute atomic E-state index is 0. The Balaban J connectivity index is 0. The van der Waals surface area contributed by atoms with Crippen LogP contribution in [0.25, 0.3) is 0 Å². The van der Waals surface area contributed by atoms with E-state index >= 15 is 0 Å². The molecule has 0 saturated carbocycles. The van der Waals surface area contributed by atoms with E-state index in [9.17, 15) is 19.5 Å². The fraction of sp³-hybridized carbons (Fsp3) is 0.786. The van der Waals surface area contributed by atoms with Crippen LogP contribution in [-0.4, -0.2) is 31.1 Å². The molecule has 0 aliphatic heterocycles. The molecule has 7 heteroatoms. The van der Waals surface area contributed by atoms with Gasteiger partial charge >= 0.3 is 11.9 Å². The van der Waals surface area contributed by atoms with Crippen LogP contribution >= 0.6 is 0 Å². The number of ether oxygens (including phenoxy) is 2. The van der Waals surface area contributed by atoms with E-state index in [-0.39, 0.29) is 12.6 Å². The van der Waals surface area contributed by atoms with Crippen molar-refractivity contribution < 1.29 is 29.0 Å². The largest absolute Gasteiger partial charge is 0.548 e. The first kappa shape index (κ1) is 21.8. The fourth-order valence-corrected chi connectivity index (χ4v) is 1.65. The smallest absolute Gasteiger partial charge is 0.339 e. The van der Waals surface area contributed by atoms with Crippen LogP contribution in [0.3, 0.4) is 0 Å². The molecule has 0 bridgehead atoms. The average molecular weight is 305 g/mol. The van der Waals surface area contributed by atoms with Gasteiger partial charge in [-0.15, -0.1) is 0 Å². The van der Waals surface area contributed by atoms with Crippen LogP contribution in [0.1, 0.15) is 58.3 Å². The summed E-state index contributed by atoms with van der Waals surface area (Å²) in [5.41, 5.74) is 0. The molecule has 0 fully saturated rings. The zero-order valence-corrected chi connectivity index (χ0v) is 13.0. The molecule has 0 saturated heterocycles. The first-order valence-corrected chi connectivity index (χ1v) is 7.07. The van der Waals surface area contributed by atoms with E-state index < -0.39 is 31.1 Å². The molecule has 0 aliphatic carbocycles. The molecule has 0 unspecified atom stereocenters. The highest BCUT2D eigenvalue weighted by atomic mass is 16.6. The van der Waals surface area contributed by atoms with Crippen molar-refractivity contribution in [2.24, 2.45) is 0 Å². The van der Waals surface area contributed by atoms with Crippen LogP contribution in [0, 0.1) is 0 Å². The van der Waals surface area contributed by atoms with E-state index in [0.717, 1.165) is 12.8 Å². The quantitative estimate of drug-likeness (QED) is 0.329. The summed E-state index contributed by atoms with van der Waals surface area (Å²) < 4.78 is 8.91. The summed E-state index contributed by atoms with van der Waals surface area (Å²) in [6.45, 7) is 0.904. The van der Waals surface area contributed by atoms with Crippen LogP contribution in [0.4, 0.5) is 0 Å². The molecule has 7 nitrogen and oxygen atoms in total. The Labute approximate surface area is 125 Å². The summed E-state index contributed by atoms with van der Waals surface area (Å²) in [6, 6.07) is 0. The van der Waals surface area contributed by atoms with Gasteiger partial charge in [-0.25, -0.2) is 4.79 Å². The molecule has 0 aromatic heterocycles. The molecular formula is C14H27NO6. The van der Waals surface area contributed by atoms with E-state index in [1.807, 2.05) is 0 Å². The third-order valence-electron chi connectivity index (χ3n) is 2.65. The number of carboxylic acids is 1. The van der Waals surface area contributed by atoms with Crippen molar-refractivity contribution in [3.05, 3.63) is 0 Å². The molecule has 0 atom stereocenters. The number of carboxylic acid groups (broad SMARTS) is 1. The first-order chi connectivity index (χ1) is 9.56. The van der Waals surface area contributed by atoms with Crippen LogP contribution < -0.4 is 11.3 Å². The number of esters is 2. The van der Waals surface area contributed by atoms with Crippen molar-refractivity contribution in [1.29, 1.82) is 0 Å². The second-order valence-electron chi connectivity index (χ2n) is 4.58. The van der Waals surface area contributed by atoms with Crippen molar-refractivity contribution in [1.82, 2.24) is 6.15 Å². The number of rotatable bonds is 12. The lowest BCUT2D eigenvalue weighted by Crippen LogP contribution is -2.29.